The molecule has 166 valence electrons. The predicted octanol–water partition coefficient (Wildman–Crippen LogP) is 3.91. The van der Waals surface area contributed by atoms with Crippen LogP contribution in [-0.4, -0.2) is 48.9 Å². The van der Waals surface area contributed by atoms with Gasteiger partial charge in [-0.25, -0.2) is 0 Å². The number of carbonyl (C=O) groups is 1. The van der Waals surface area contributed by atoms with Crippen molar-refractivity contribution in [2.24, 2.45) is 11.7 Å². The molecule has 0 aliphatic carbocycles. The smallest absolute Gasteiger partial charge is 0.232 e. The summed E-state index contributed by atoms with van der Waals surface area (Å²) in [7, 11) is 2.17. The number of benzene rings is 3. The van der Waals surface area contributed by atoms with Crippen LogP contribution in [-0.2, 0) is 16.8 Å². The van der Waals surface area contributed by atoms with Crippen molar-refractivity contribution < 1.29 is 4.79 Å². The van der Waals surface area contributed by atoms with Crippen LogP contribution in [0.5, 0.6) is 0 Å². The lowest BCUT2D eigenvalue weighted by Gasteiger charge is -2.37. The fourth-order valence-electron chi connectivity index (χ4n) is 5.20. The molecule has 1 aliphatic heterocycles. The van der Waals surface area contributed by atoms with E-state index in [0.717, 1.165) is 50.3 Å². The summed E-state index contributed by atoms with van der Waals surface area (Å²) in [4.78, 5) is 18.0. The van der Waals surface area contributed by atoms with Crippen LogP contribution in [0.1, 0.15) is 23.1 Å². The second kappa shape index (κ2) is 10.1. The fraction of sp³-hybridized carbons (Fsp3) is 0.321. The zero-order chi connectivity index (χ0) is 22.4. The van der Waals surface area contributed by atoms with Crippen LogP contribution in [0, 0.1) is 5.92 Å². The SMILES string of the molecule is CN(CCN1CC[C@@H](C(C(N)=O)(c2ccccc2)c2ccccc2)C1)Cc1ccccc1. The van der Waals surface area contributed by atoms with E-state index >= 15 is 0 Å². The first-order valence-electron chi connectivity index (χ1n) is 11.5. The topological polar surface area (TPSA) is 49.6 Å². The van der Waals surface area contributed by atoms with Gasteiger partial charge in [-0.15, -0.1) is 0 Å². The zero-order valence-corrected chi connectivity index (χ0v) is 18.9. The summed E-state index contributed by atoms with van der Waals surface area (Å²) in [6, 6.07) is 30.8. The van der Waals surface area contributed by atoms with Crippen LogP contribution in [0.2, 0.25) is 0 Å². The minimum Gasteiger partial charge on any atom is -0.369 e. The highest BCUT2D eigenvalue weighted by Gasteiger charge is 2.49. The number of nitrogens with two attached hydrogens (primary N) is 1. The lowest BCUT2D eigenvalue weighted by Crippen LogP contribution is -2.49. The first kappa shape index (κ1) is 22.3. The number of hydrogen-bond acceptors (Lipinski definition) is 3. The molecule has 4 nitrogen and oxygen atoms in total. The van der Waals surface area contributed by atoms with Crippen molar-refractivity contribution in [2.45, 2.75) is 18.4 Å². The minimum atomic E-state index is -0.812. The average molecular weight is 428 g/mol. The monoisotopic (exact) mass is 427 g/mol. The Balaban J connectivity index is 1.51. The van der Waals surface area contributed by atoms with E-state index in [-0.39, 0.29) is 11.8 Å². The summed E-state index contributed by atoms with van der Waals surface area (Å²) in [6.45, 7) is 4.77. The maximum Gasteiger partial charge on any atom is 0.232 e. The highest BCUT2D eigenvalue weighted by molar-refractivity contribution is 5.91. The van der Waals surface area contributed by atoms with E-state index in [0.29, 0.717) is 0 Å². The fourth-order valence-corrected chi connectivity index (χ4v) is 5.20. The lowest BCUT2D eigenvalue weighted by molar-refractivity contribution is -0.123. The van der Waals surface area contributed by atoms with E-state index in [1.54, 1.807) is 0 Å². The van der Waals surface area contributed by atoms with Gasteiger partial charge in [-0.3, -0.25) is 4.79 Å². The van der Waals surface area contributed by atoms with Gasteiger partial charge in [0.05, 0.1) is 0 Å². The second-order valence-electron chi connectivity index (χ2n) is 8.91. The van der Waals surface area contributed by atoms with Gasteiger partial charge in [0.25, 0.3) is 0 Å². The molecule has 32 heavy (non-hydrogen) atoms. The molecule has 1 aliphatic rings. The van der Waals surface area contributed by atoms with Crippen molar-refractivity contribution in [2.75, 3.05) is 33.2 Å². The summed E-state index contributed by atoms with van der Waals surface area (Å²) in [5.74, 6) is -0.118. The van der Waals surface area contributed by atoms with Crippen LogP contribution in [0.25, 0.3) is 0 Å². The summed E-state index contributed by atoms with van der Waals surface area (Å²) >= 11 is 0. The van der Waals surface area contributed by atoms with E-state index in [1.807, 2.05) is 60.7 Å². The van der Waals surface area contributed by atoms with Crippen molar-refractivity contribution in [3.63, 3.8) is 0 Å². The van der Waals surface area contributed by atoms with Crippen LogP contribution in [0.15, 0.2) is 91.0 Å². The van der Waals surface area contributed by atoms with Gasteiger partial charge >= 0.3 is 0 Å². The van der Waals surface area contributed by atoms with Gasteiger partial charge in [-0.05, 0) is 42.6 Å². The largest absolute Gasteiger partial charge is 0.369 e. The van der Waals surface area contributed by atoms with Crippen molar-refractivity contribution in [3.05, 3.63) is 108 Å². The molecule has 1 fully saturated rings. The van der Waals surface area contributed by atoms with Gasteiger partial charge in [0, 0.05) is 26.2 Å². The van der Waals surface area contributed by atoms with Gasteiger partial charge in [0.1, 0.15) is 5.41 Å². The third-order valence-electron chi connectivity index (χ3n) is 6.82. The quantitative estimate of drug-likeness (QED) is 0.563. The molecule has 3 aromatic carbocycles. The molecule has 0 aromatic heterocycles. The first-order chi connectivity index (χ1) is 15.6. The van der Waals surface area contributed by atoms with E-state index in [1.165, 1.54) is 5.56 Å². The van der Waals surface area contributed by atoms with Crippen molar-refractivity contribution in [1.29, 1.82) is 0 Å². The number of rotatable bonds is 9. The Labute approximate surface area is 191 Å². The molecular weight excluding hydrogens is 394 g/mol. The van der Waals surface area contributed by atoms with E-state index in [4.69, 9.17) is 5.73 Å². The maximum absolute atomic E-state index is 13.2. The van der Waals surface area contributed by atoms with Gasteiger partial charge in [-0.2, -0.15) is 0 Å². The van der Waals surface area contributed by atoms with E-state index < -0.39 is 5.41 Å². The average Bonchev–Trinajstić information content (AvgIpc) is 3.29. The number of primary amides is 1. The van der Waals surface area contributed by atoms with Gasteiger partial charge in [0.15, 0.2) is 0 Å². The Morgan fingerprint density at radius 1 is 0.938 bits per heavy atom. The molecule has 4 rings (SSSR count). The van der Waals surface area contributed by atoms with Crippen LogP contribution in [0.4, 0.5) is 0 Å². The van der Waals surface area contributed by atoms with E-state index in [9.17, 15) is 4.79 Å². The highest BCUT2D eigenvalue weighted by atomic mass is 16.1. The molecule has 1 heterocycles. The Bertz CT molecular complexity index is 951. The molecule has 0 radical (unpaired) electrons. The Morgan fingerprint density at radius 2 is 1.47 bits per heavy atom. The van der Waals surface area contributed by atoms with E-state index in [2.05, 4.69) is 47.2 Å². The van der Waals surface area contributed by atoms with Crippen LogP contribution >= 0.6 is 0 Å². The molecule has 0 spiro atoms. The zero-order valence-electron chi connectivity index (χ0n) is 18.9. The Morgan fingerprint density at radius 3 is 2.00 bits per heavy atom. The van der Waals surface area contributed by atoms with Crippen molar-refractivity contribution >= 4 is 5.91 Å². The first-order valence-corrected chi connectivity index (χ1v) is 11.5. The number of nitrogens with zero attached hydrogens (tertiary/aromatic N) is 2. The summed E-state index contributed by atoms with van der Waals surface area (Å²) in [6.07, 6.45) is 0.954. The third kappa shape index (κ3) is 4.62. The normalized spacial score (nSPS) is 17.0. The molecule has 1 amide bonds. The maximum atomic E-state index is 13.2. The molecule has 1 atom stereocenters. The standard InChI is InChI=1S/C28H33N3O/c1-30(21-23-11-5-2-6-12-23)19-20-31-18-17-26(22-31)28(27(29)32,24-13-7-3-8-14-24)25-15-9-4-10-16-25/h2-16,26H,17-22H2,1H3,(H2,29,32)/t26-/m1/s1. The van der Waals surface area contributed by atoms with Crippen LogP contribution in [0.3, 0.4) is 0 Å². The lowest BCUT2D eigenvalue weighted by atomic mass is 9.64. The molecular formula is C28H33N3O. The molecule has 2 N–H and O–H groups in total. The molecule has 0 bridgehead atoms. The number of carbonyl (C=O) groups excluding carboxylic acids is 1. The van der Waals surface area contributed by atoms with Crippen LogP contribution < -0.4 is 5.73 Å². The van der Waals surface area contributed by atoms with Gasteiger partial charge in [-0.1, -0.05) is 91.0 Å². The second-order valence-corrected chi connectivity index (χ2v) is 8.91. The Kier molecular flexibility index (Phi) is 7.03. The molecule has 4 heteroatoms. The Hall–Kier alpha value is -2.95. The van der Waals surface area contributed by atoms with Gasteiger partial charge in [0.2, 0.25) is 5.91 Å². The molecule has 0 saturated carbocycles. The number of amides is 1. The minimum absolute atomic E-state index is 0.143. The van der Waals surface area contributed by atoms with Crippen molar-refractivity contribution in [1.82, 2.24) is 9.80 Å². The third-order valence-corrected chi connectivity index (χ3v) is 6.82. The van der Waals surface area contributed by atoms with Crippen molar-refractivity contribution in [3.8, 4) is 0 Å². The summed E-state index contributed by atoms with van der Waals surface area (Å²) in [5, 5.41) is 0. The number of likely N-dealkylation sites (tertiary alicyclic amines) is 1. The molecule has 3 aromatic rings. The number of hydrogen-bond donors (Lipinski definition) is 1. The predicted molar refractivity (Wildman–Crippen MR) is 130 cm³/mol. The summed E-state index contributed by atoms with van der Waals surface area (Å²) < 4.78 is 0. The van der Waals surface area contributed by atoms with Gasteiger partial charge < -0.3 is 15.5 Å². The molecule has 0 unspecified atom stereocenters. The molecule has 1 saturated heterocycles. The number of likely N-dealkylation sites (N-methyl/N-ethyl adjacent to an activating group) is 1. The highest BCUT2D eigenvalue weighted by Crippen LogP contribution is 2.43. The summed E-state index contributed by atoms with van der Waals surface area (Å²) in [5.41, 5.74) is 8.70.